The van der Waals surface area contributed by atoms with Crippen LogP contribution >= 0.6 is 23.2 Å². The number of hydrogen-bond acceptors (Lipinski definition) is 4. The Morgan fingerprint density at radius 1 is 1.25 bits per heavy atom. The normalized spacial score (nSPS) is 16.6. The summed E-state index contributed by atoms with van der Waals surface area (Å²) in [6.45, 7) is 2.77. The number of rotatable bonds is 6. The molecule has 0 aliphatic carbocycles. The summed E-state index contributed by atoms with van der Waals surface area (Å²) >= 11 is 12.1. The van der Waals surface area contributed by atoms with Crippen molar-refractivity contribution in [3.8, 4) is 5.75 Å². The molecule has 8 heteroatoms. The van der Waals surface area contributed by atoms with Gasteiger partial charge in [0.1, 0.15) is 5.75 Å². The van der Waals surface area contributed by atoms with Crippen LogP contribution in [0.2, 0.25) is 10.0 Å². The van der Waals surface area contributed by atoms with Gasteiger partial charge in [-0.3, -0.25) is 9.59 Å². The molecule has 28 heavy (non-hydrogen) atoms. The van der Waals surface area contributed by atoms with Crippen molar-refractivity contribution in [1.29, 1.82) is 0 Å². The zero-order valence-electron chi connectivity index (χ0n) is 15.2. The van der Waals surface area contributed by atoms with Gasteiger partial charge in [0.15, 0.2) is 0 Å². The molecule has 0 bridgehead atoms. The Morgan fingerprint density at radius 3 is 2.57 bits per heavy atom. The fourth-order valence-corrected chi connectivity index (χ4v) is 3.40. The molecule has 2 aromatic rings. The zero-order chi connectivity index (χ0) is 20.1. The number of amides is 2. The third-order valence-corrected chi connectivity index (χ3v) is 4.98. The second-order valence-electron chi connectivity index (χ2n) is 6.20. The smallest absolute Gasteiger partial charge is 0.245 e. The highest BCUT2D eigenvalue weighted by Crippen LogP contribution is 2.27. The third-order valence-electron chi connectivity index (χ3n) is 4.32. The molecule has 1 fully saturated rings. The average molecular weight is 420 g/mol. The number of carbonyl (C=O) groups excluding carboxylic acids is 2. The number of nitrogens with zero attached hydrogens (tertiary/aromatic N) is 2. The summed E-state index contributed by atoms with van der Waals surface area (Å²) in [4.78, 5) is 26.3. The number of nitrogens with one attached hydrogen (secondary N) is 1. The van der Waals surface area contributed by atoms with Gasteiger partial charge in [-0.05, 0) is 43.3 Å². The minimum atomic E-state index is -0.488. The molecule has 0 aromatic heterocycles. The van der Waals surface area contributed by atoms with Gasteiger partial charge in [-0.15, -0.1) is 0 Å². The van der Waals surface area contributed by atoms with Crippen LogP contribution < -0.4 is 15.1 Å². The first-order chi connectivity index (χ1) is 13.5. The summed E-state index contributed by atoms with van der Waals surface area (Å²) < 4.78 is 5.40. The Balaban J connectivity index is 1.61. The lowest BCUT2D eigenvalue weighted by molar-refractivity contribution is -0.126. The van der Waals surface area contributed by atoms with E-state index in [1.165, 1.54) is 6.21 Å². The van der Waals surface area contributed by atoms with Crippen molar-refractivity contribution in [2.75, 3.05) is 18.1 Å². The van der Waals surface area contributed by atoms with Crippen LogP contribution in [0.25, 0.3) is 0 Å². The van der Waals surface area contributed by atoms with Gasteiger partial charge in [-0.25, -0.2) is 5.43 Å². The molecule has 1 aliphatic heterocycles. The lowest BCUT2D eigenvalue weighted by atomic mass is 10.1. The van der Waals surface area contributed by atoms with Crippen LogP contribution in [0, 0.1) is 5.92 Å². The second kappa shape index (κ2) is 9.08. The van der Waals surface area contributed by atoms with Crippen molar-refractivity contribution in [3.05, 3.63) is 58.1 Å². The predicted molar refractivity (Wildman–Crippen MR) is 110 cm³/mol. The zero-order valence-corrected chi connectivity index (χ0v) is 16.7. The number of halogens is 2. The maximum atomic E-state index is 12.4. The highest BCUT2D eigenvalue weighted by Gasteiger charge is 2.35. The van der Waals surface area contributed by atoms with Crippen LogP contribution in [0.1, 0.15) is 18.9 Å². The van der Waals surface area contributed by atoms with E-state index in [0.29, 0.717) is 28.8 Å². The molecule has 1 heterocycles. The molecule has 0 spiro atoms. The highest BCUT2D eigenvalue weighted by atomic mass is 35.5. The van der Waals surface area contributed by atoms with Crippen molar-refractivity contribution in [2.24, 2.45) is 11.0 Å². The molecule has 2 amide bonds. The number of hydrazone groups is 1. The van der Waals surface area contributed by atoms with E-state index < -0.39 is 5.92 Å². The molecule has 6 nitrogen and oxygen atoms in total. The number of hydrogen-bond donors (Lipinski definition) is 1. The molecule has 0 saturated carbocycles. The van der Waals surface area contributed by atoms with Crippen molar-refractivity contribution in [1.82, 2.24) is 5.43 Å². The van der Waals surface area contributed by atoms with Crippen LogP contribution in [-0.4, -0.2) is 31.2 Å². The van der Waals surface area contributed by atoms with Crippen molar-refractivity contribution < 1.29 is 14.3 Å². The van der Waals surface area contributed by atoms with Gasteiger partial charge in [0.25, 0.3) is 0 Å². The quantitative estimate of drug-likeness (QED) is 0.569. The largest absolute Gasteiger partial charge is 0.494 e. The summed E-state index contributed by atoms with van der Waals surface area (Å²) in [5, 5.41) is 4.79. The average Bonchev–Trinajstić information content (AvgIpc) is 3.07. The third kappa shape index (κ3) is 4.64. The fourth-order valence-electron chi connectivity index (χ4n) is 2.91. The molecule has 0 unspecified atom stereocenters. The van der Waals surface area contributed by atoms with E-state index in [1.54, 1.807) is 47.4 Å². The summed E-state index contributed by atoms with van der Waals surface area (Å²) in [6, 6.07) is 12.3. The first-order valence-corrected chi connectivity index (χ1v) is 9.55. The van der Waals surface area contributed by atoms with E-state index in [0.717, 1.165) is 11.4 Å². The number of anilines is 1. The summed E-state index contributed by atoms with van der Waals surface area (Å²) in [6.07, 6.45) is 1.52. The standard InChI is InChI=1S/C20H19Cl2N3O3/c1-2-28-15-8-6-14(7-9-15)25-12-13(10-19(25)26)20(27)24-23-11-16-17(21)4-3-5-18(16)22/h3-9,11,13H,2,10,12H2,1H3,(H,24,27)/b23-11-/t13-/m0/s1. The van der Waals surface area contributed by atoms with E-state index in [2.05, 4.69) is 10.5 Å². The minimum Gasteiger partial charge on any atom is -0.494 e. The Labute approximate surface area is 173 Å². The van der Waals surface area contributed by atoms with Crippen LogP contribution in [0.4, 0.5) is 5.69 Å². The molecular weight excluding hydrogens is 401 g/mol. The van der Waals surface area contributed by atoms with Crippen LogP contribution in [0.3, 0.4) is 0 Å². The van der Waals surface area contributed by atoms with Crippen LogP contribution in [0.15, 0.2) is 47.6 Å². The van der Waals surface area contributed by atoms with E-state index in [-0.39, 0.29) is 18.2 Å². The molecule has 1 N–H and O–H groups in total. The van der Waals surface area contributed by atoms with Gasteiger partial charge in [-0.2, -0.15) is 5.10 Å². The molecule has 1 aliphatic rings. The molecule has 1 saturated heterocycles. The second-order valence-corrected chi connectivity index (χ2v) is 7.02. The lowest BCUT2D eigenvalue weighted by Crippen LogP contribution is -2.30. The number of ether oxygens (including phenoxy) is 1. The topological polar surface area (TPSA) is 71.0 Å². The van der Waals surface area contributed by atoms with Crippen molar-refractivity contribution in [2.45, 2.75) is 13.3 Å². The van der Waals surface area contributed by atoms with Gasteiger partial charge in [0, 0.05) is 24.2 Å². The molecular formula is C20H19Cl2N3O3. The Bertz CT molecular complexity index is 880. The Hall–Kier alpha value is -2.57. The maximum absolute atomic E-state index is 12.4. The van der Waals surface area contributed by atoms with E-state index in [9.17, 15) is 9.59 Å². The molecule has 0 radical (unpaired) electrons. The van der Waals surface area contributed by atoms with Crippen LogP contribution in [0.5, 0.6) is 5.75 Å². The SMILES string of the molecule is CCOc1ccc(N2C[C@@H](C(=O)N/N=C\c3c(Cl)cccc3Cl)CC2=O)cc1. The number of carbonyl (C=O) groups is 2. The van der Waals surface area contributed by atoms with E-state index in [4.69, 9.17) is 27.9 Å². The summed E-state index contributed by atoms with van der Waals surface area (Å²) in [5.74, 6) is -0.193. The van der Waals surface area contributed by atoms with Gasteiger partial charge in [-0.1, -0.05) is 29.3 Å². The Morgan fingerprint density at radius 2 is 1.93 bits per heavy atom. The first kappa shape index (κ1) is 20.2. The van der Waals surface area contributed by atoms with Crippen LogP contribution in [-0.2, 0) is 9.59 Å². The molecule has 1 atom stereocenters. The van der Waals surface area contributed by atoms with Crippen molar-refractivity contribution in [3.63, 3.8) is 0 Å². The van der Waals surface area contributed by atoms with Gasteiger partial charge < -0.3 is 9.64 Å². The number of benzene rings is 2. The molecule has 3 rings (SSSR count). The van der Waals surface area contributed by atoms with E-state index in [1.807, 2.05) is 6.92 Å². The van der Waals surface area contributed by atoms with Crippen molar-refractivity contribution >= 4 is 46.9 Å². The fraction of sp³-hybridized carbons (Fsp3) is 0.250. The summed E-state index contributed by atoms with van der Waals surface area (Å²) in [7, 11) is 0. The van der Waals surface area contributed by atoms with Gasteiger partial charge in [0.05, 0.1) is 28.8 Å². The van der Waals surface area contributed by atoms with Gasteiger partial charge >= 0.3 is 0 Å². The predicted octanol–water partition coefficient (Wildman–Crippen LogP) is 3.90. The van der Waals surface area contributed by atoms with E-state index >= 15 is 0 Å². The van der Waals surface area contributed by atoms with Gasteiger partial charge in [0.2, 0.25) is 11.8 Å². The highest BCUT2D eigenvalue weighted by molar-refractivity contribution is 6.38. The molecule has 146 valence electrons. The maximum Gasteiger partial charge on any atom is 0.245 e. The lowest BCUT2D eigenvalue weighted by Gasteiger charge is -2.17. The first-order valence-electron chi connectivity index (χ1n) is 8.79. The molecule has 2 aromatic carbocycles. The minimum absolute atomic E-state index is 0.109. The monoisotopic (exact) mass is 419 g/mol. The summed E-state index contributed by atoms with van der Waals surface area (Å²) in [5.41, 5.74) is 3.71. The Kier molecular flexibility index (Phi) is 6.54.